The van der Waals surface area contributed by atoms with Gasteiger partial charge in [0.05, 0.1) is 16.7 Å². The normalized spacial score (nSPS) is 15.8. The summed E-state index contributed by atoms with van der Waals surface area (Å²) in [6, 6.07) is 10.1. The lowest BCUT2D eigenvalue weighted by Gasteiger charge is -2.25. The summed E-state index contributed by atoms with van der Waals surface area (Å²) < 4.78 is 0. The maximum absolute atomic E-state index is 12.4. The third-order valence-corrected chi connectivity index (χ3v) is 4.29. The molecule has 0 amide bonds. The highest BCUT2D eigenvalue weighted by molar-refractivity contribution is 5.82. The Kier molecular flexibility index (Phi) is 3.59. The van der Waals surface area contributed by atoms with Crippen LogP contribution in [-0.4, -0.2) is 34.1 Å². The van der Waals surface area contributed by atoms with Crippen LogP contribution in [0.5, 0.6) is 0 Å². The molecule has 0 radical (unpaired) electrons. The molecule has 6 heteroatoms. The monoisotopic (exact) mass is 309 g/mol. The lowest BCUT2D eigenvalue weighted by molar-refractivity contribution is 0.479. The first-order valence-corrected chi connectivity index (χ1v) is 7.95. The molecule has 0 bridgehead atoms. The van der Waals surface area contributed by atoms with E-state index in [4.69, 9.17) is 0 Å². The number of aromatic amines is 2. The molecular formula is C17H19N5O. The Morgan fingerprint density at radius 1 is 1.13 bits per heavy atom. The molecule has 1 fully saturated rings. The van der Waals surface area contributed by atoms with Crippen LogP contribution in [0.15, 0.2) is 41.3 Å². The van der Waals surface area contributed by atoms with E-state index in [0.29, 0.717) is 17.4 Å². The molecule has 3 aromatic rings. The van der Waals surface area contributed by atoms with E-state index in [9.17, 15) is 4.79 Å². The summed E-state index contributed by atoms with van der Waals surface area (Å²) in [5, 5.41) is 6.86. The molecule has 0 unspecified atom stereocenters. The van der Waals surface area contributed by atoms with Crippen LogP contribution >= 0.6 is 0 Å². The number of anilines is 1. The van der Waals surface area contributed by atoms with Gasteiger partial charge in [-0.05, 0) is 44.1 Å². The van der Waals surface area contributed by atoms with Gasteiger partial charge in [0.15, 0.2) is 0 Å². The molecule has 1 aliphatic heterocycles. The molecule has 2 aromatic heterocycles. The predicted molar refractivity (Wildman–Crippen MR) is 91.7 cm³/mol. The van der Waals surface area contributed by atoms with Crippen LogP contribution in [-0.2, 0) is 0 Å². The number of H-pyrrole nitrogens is 2. The second-order valence-electron chi connectivity index (χ2n) is 5.87. The highest BCUT2D eigenvalue weighted by Gasteiger charge is 2.18. The highest BCUT2D eigenvalue weighted by Crippen LogP contribution is 2.25. The van der Waals surface area contributed by atoms with Gasteiger partial charge in [0.1, 0.15) is 11.4 Å². The van der Waals surface area contributed by atoms with E-state index in [0.717, 1.165) is 42.7 Å². The molecule has 1 aromatic carbocycles. The minimum Gasteiger partial charge on any atom is -0.381 e. The number of imidazole rings is 1. The summed E-state index contributed by atoms with van der Waals surface area (Å²) in [7, 11) is 0. The van der Waals surface area contributed by atoms with Gasteiger partial charge in [-0.3, -0.25) is 4.79 Å². The van der Waals surface area contributed by atoms with E-state index in [1.165, 1.54) is 0 Å². The summed E-state index contributed by atoms with van der Waals surface area (Å²) >= 11 is 0. The zero-order chi connectivity index (χ0) is 15.6. The molecular weight excluding hydrogens is 290 g/mol. The van der Waals surface area contributed by atoms with E-state index in [1.54, 1.807) is 6.20 Å². The van der Waals surface area contributed by atoms with Crippen molar-refractivity contribution in [3.8, 4) is 11.4 Å². The lowest BCUT2D eigenvalue weighted by Crippen LogP contribution is -2.35. The molecule has 3 heterocycles. The van der Waals surface area contributed by atoms with Gasteiger partial charge in [-0.15, -0.1) is 0 Å². The van der Waals surface area contributed by atoms with Crippen LogP contribution in [0, 0.1) is 0 Å². The van der Waals surface area contributed by atoms with Crippen LogP contribution in [0.1, 0.15) is 12.8 Å². The molecule has 4 rings (SSSR count). The van der Waals surface area contributed by atoms with Crippen molar-refractivity contribution in [3.05, 3.63) is 46.9 Å². The first kappa shape index (κ1) is 14.0. The van der Waals surface area contributed by atoms with Crippen molar-refractivity contribution in [1.82, 2.24) is 20.3 Å². The largest absolute Gasteiger partial charge is 0.381 e. The van der Waals surface area contributed by atoms with Gasteiger partial charge in [-0.25, -0.2) is 4.98 Å². The Morgan fingerprint density at radius 2 is 1.96 bits per heavy atom. The maximum atomic E-state index is 12.4. The number of nitrogens with one attached hydrogen (secondary N) is 4. The zero-order valence-electron chi connectivity index (χ0n) is 12.7. The van der Waals surface area contributed by atoms with Crippen molar-refractivity contribution >= 4 is 16.7 Å². The molecule has 0 saturated carbocycles. The van der Waals surface area contributed by atoms with Crippen LogP contribution in [0.4, 0.5) is 5.69 Å². The summed E-state index contributed by atoms with van der Waals surface area (Å²) in [6.45, 7) is 2.00. The number of hydrogen-bond donors (Lipinski definition) is 4. The third-order valence-electron chi connectivity index (χ3n) is 4.29. The topological polar surface area (TPSA) is 85.6 Å². The van der Waals surface area contributed by atoms with Gasteiger partial charge in [0.2, 0.25) is 0 Å². The van der Waals surface area contributed by atoms with Crippen molar-refractivity contribution in [2.24, 2.45) is 0 Å². The van der Waals surface area contributed by atoms with Gasteiger partial charge < -0.3 is 20.6 Å². The van der Waals surface area contributed by atoms with Crippen molar-refractivity contribution < 1.29 is 0 Å². The first-order chi connectivity index (χ1) is 11.3. The molecule has 118 valence electrons. The fourth-order valence-electron chi connectivity index (χ4n) is 3.09. The second-order valence-corrected chi connectivity index (χ2v) is 5.87. The number of fused-ring (bicyclic) bond motifs is 1. The second kappa shape index (κ2) is 5.89. The SMILES string of the molecule is O=c1[nH]ccc(NC2CCNCC2)c1-c1nc2ccccc2[nH]1. The average molecular weight is 309 g/mol. The quantitative estimate of drug-likeness (QED) is 0.597. The van der Waals surface area contributed by atoms with Gasteiger partial charge in [0.25, 0.3) is 5.56 Å². The van der Waals surface area contributed by atoms with Crippen molar-refractivity contribution in [1.29, 1.82) is 0 Å². The molecule has 6 nitrogen and oxygen atoms in total. The van der Waals surface area contributed by atoms with Gasteiger partial charge in [0, 0.05) is 12.2 Å². The first-order valence-electron chi connectivity index (χ1n) is 7.95. The van der Waals surface area contributed by atoms with Crippen LogP contribution < -0.4 is 16.2 Å². The third kappa shape index (κ3) is 2.73. The van der Waals surface area contributed by atoms with Crippen molar-refractivity contribution in [3.63, 3.8) is 0 Å². The smallest absolute Gasteiger partial charge is 0.261 e. The van der Waals surface area contributed by atoms with Crippen LogP contribution in [0.25, 0.3) is 22.4 Å². The van der Waals surface area contributed by atoms with E-state index < -0.39 is 0 Å². The van der Waals surface area contributed by atoms with E-state index in [-0.39, 0.29) is 5.56 Å². The van der Waals surface area contributed by atoms with E-state index in [1.807, 2.05) is 30.3 Å². The number of benzene rings is 1. The number of pyridine rings is 1. The molecule has 0 atom stereocenters. The number of piperidine rings is 1. The average Bonchev–Trinajstić information content (AvgIpc) is 2.99. The van der Waals surface area contributed by atoms with Crippen molar-refractivity contribution in [2.75, 3.05) is 18.4 Å². The lowest BCUT2D eigenvalue weighted by atomic mass is 10.1. The molecule has 23 heavy (non-hydrogen) atoms. The predicted octanol–water partition coefficient (Wildman–Crippen LogP) is 2.08. The fraction of sp³-hybridized carbons (Fsp3) is 0.294. The fourth-order valence-corrected chi connectivity index (χ4v) is 3.09. The number of aromatic nitrogens is 3. The molecule has 0 spiro atoms. The molecule has 0 aliphatic carbocycles. The number of nitrogens with zero attached hydrogens (tertiary/aromatic N) is 1. The molecule has 1 saturated heterocycles. The Bertz CT molecular complexity index is 843. The Hall–Kier alpha value is -2.60. The number of hydrogen-bond acceptors (Lipinski definition) is 4. The highest BCUT2D eigenvalue weighted by atomic mass is 16.1. The van der Waals surface area contributed by atoms with Crippen LogP contribution in [0.2, 0.25) is 0 Å². The van der Waals surface area contributed by atoms with Crippen molar-refractivity contribution in [2.45, 2.75) is 18.9 Å². The Morgan fingerprint density at radius 3 is 2.78 bits per heavy atom. The molecule has 1 aliphatic rings. The summed E-state index contributed by atoms with van der Waals surface area (Å²) in [6.07, 6.45) is 3.77. The van der Waals surface area contributed by atoms with E-state index in [2.05, 4.69) is 25.6 Å². The van der Waals surface area contributed by atoms with Crippen LogP contribution in [0.3, 0.4) is 0 Å². The minimum absolute atomic E-state index is 0.136. The summed E-state index contributed by atoms with van der Waals surface area (Å²) in [4.78, 5) is 23.0. The molecule has 4 N–H and O–H groups in total. The Balaban J connectivity index is 1.76. The van der Waals surface area contributed by atoms with E-state index >= 15 is 0 Å². The van der Waals surface area contributed by atoms with Gasteiger partial charge in [-0.2, -0.15) is 0 Å². The summed E-state index contributed by atoms with van der Waals surface area (Å²) in [5.74, 6) is 0.601. The van der Waals surface area contributed by atoms with Gasteiger partial charge in [-0.1, -0.05) is 12.1 Å². The maximum Gasteiger partial charge on any atom is 0.261 e. The number of para-hydroxylation sites is 2. The Labute approximate surface area is 133 Å². The number of rotatable bonds is 3. The summed E-state index contributed by atoms with van der Waals surface area (Å²) in [5.41, 5.74) is 3.06. The standard InChI is InChI=1S/C17H19N5O/c23-17-15(16-21-12-3-1-2-4-13(12)22-16)14(7-10-19-17)20-11-5-8-18-9-6-11/h1-4,7,10-11,18H,5-6,8-9H2,(H,21,22)(H2,19,20,23). The minimum atomic E-state index is -0.136. The van der Waals surface area contributed by atoms with Gasteiger partial charge >= 0.3 is 0 Å². The zero-order valence-corrected chi connectivity index (χ0v) is 12.7.